The van der Waals surface area contributed by atoms with Gasteiger partial charge in [0.05, 0.1) is 18.7 Å². The quantitative estimate of drug-likeness (QED) is 0.305. The Morgan fingerprint density at radius 3 is 2.16 bits per heavy atom. The lowest BCUT2D eigenvalue weighted by atomic mass is 9.76. The van der Waals surface area contributed by atoms with Crippen LogP contribution in [0.3, 0.4) is 0 Å². The van der Waals surface area contributed by atoms with Crippen LogP contribution in [-0.4, -0.2) is 66.6 Å². The second kappa shape index (κ2) is 13.1. The number of phenols is 1. The highest BCUT2D eigenvalue weighted by molar-refractivity contribution is 5.92. The van der Waals surface area contributed by atoms with Crippen LogP contribution in [0.5, 0.6) is 5.75 Å². The lowest BCUT2D eigenvalue weighted by Gasteiger charge is -2.40. The third-order valence-electron chi connectivity index (χ3n) is 6.76. The molecule has 208 valence electrons. The fourth-order valence-corrected chi connectivity index (χ4v) is 4.44. The molecule has 0 aromatic heterocycles. The molecule has 0 heterocycles. The summed E-state index contributed by atoms with van der Waals surface area (Å²) < 4.78 is 5.10. The molecule has 0 aliphatic rings. The van der Waals surface area contributed by atoms with Crippen LogP contribution in [0, 0.1) is 11.3 Å². The Morgan fingerprint density at radius 2 is 1.70 bits per heavy atom. The Labute approximate surface area is 222 Å². The molecule has 1 unspecified atom stereocenters. The van der Waals surface area contributed by atoms with Crippen molar-refractivity contribution in [2.24, 2.45) is 11.3 Å². The number of rotatable bonds is 11. The Morgan fingerprint density at radius 1 is 1.11 bits per heavy atom. The molecule has 0 fully saturated rings. The maximum absolute atomic E-state index is 13.8. The van der Waals surface area contributed by atoms with Crippen molar-refractivity contribution in [3.8, 4) is 5.75 Å². The van der Waals surface area contributed by atoms with E-state index < -0.39 is 28.9 Å². The van der Waals surface area contributed by atoms with Crippen LogP contribution in [0.15, 0.2) is 35.9 Å². The number of benzene rings is 1. The molecule has 1 aromatic rings. The summed E-state index contributed by atoms with van der Waals surface area (Å²) in [6.45, 7) is 17.2. The Hall–Kier alpha value is -2.87. The Kier molecular flexibility index (Phi) is 11.4. The Balaban J connectivity index is 3.31. The molecule has 1 aromatic carbocycles. The smallest absolute Gasteiger partial charge is 0.333 e. The number of esters is 1. The van der Waals surface area contributed by atoms with E-state index in [0.717, 1.165) is 5.56 Å². The minimum Gasteiger partial charge on any atom is -0.508 e. The van der Waals surface area contributed by atoms with E-state index in [1.165, 1.54) is 0 Å². The van der Waals surface area contributed by atoms with E-state index in [4.69, 9.17) is 4.74 Å². The summed E-state index contributed by atoms with van der Waals surface area (Å²) in [6, 6.07) is 4.96. The maximum Gasteiger partial charge on any atom is 0.333 e. The summed E-state index contributed by atoms with van der Waals surface area (Å²) in [4.78, 5) is 41.3. The van der Waals surface area contributed by atoms with E-state index in [-0.39, 0.29) is 36.1 Å². The van der Waals surface area contributed by atoms with E-state index >= 15 is 0 Å². The summed E-state index contributed by atoms with van der Waals surface area (Å²) in [5, 5.41) is 16.1. The van der Waals surface area contributed by atoms with Gasteiger partial charge in [-0.25, -0.2) is 4.79 Å². The summed E-state index contributed by atoms with van der Waals surface area (Å²) >= 11 is 0. The first-order chi connectivity index (χ1) is 17.0. The van der Waals surface area contributed by atoms with Crippen molar-refractivity contribution >= 4 is 17.8 Å². The summed E-state index contributed by atoms with van der Waals surface area (Å²) in [5.41, 5.74) is -0.0537. The zero-order valence-corrected chi connectivity index (χ0v) is 24.4. The van der Waals surface area contributed by atoms with Crippen molar-refractivity contribution in [1.82, 2.24) is 15.5 Å². The highest BCUT2D eigenvalue weighted by Gasteiger charge is 2.41. The number of nitrogens with one attached hydrogen (secondary N) is 2. The summed E-state index contributed by atoms with van der Waals surface area (Å²) in [6.07, 6.45) is 1.75. The zero-order valence-electron chi connectivity index (χ0n) is 24.4. The van der Waals surface area contributed by atoms with Gasteiger partial charge in [-0.2, -0.15) is 0 Å². The maximum atomic E-state index is 13.8. The number of hydrogen-bond acceptors (Lipinski definition) is 6. The minimum absolute atomic E-state index is 0.0180. The van der Waals surface area contributed by atoms with Crippen LogP contribution >= 0.6 is 0 Å². The van der Waals surface area contributed by atoms with E-state index in [1.807, 2.05) is 54.5 Å². The average Bonchev–Trinajstić information content (AvgIpc) is 2.79. The lowest BCUT2D eigenvalue weighted by molar-refractivity contribution is -0.141. The molecule has 0 aliphatic carbocycles. The molecule has 0 spiro atoms. The number of likely N-dealkylation sites (N-methyl/N-ethyl adjacent to an activating group) is 2. The third kappa shape index (κ3) is 8.32. The van der Waals surface area contributed by atoms with Crippen LogP contribution in [-0.2, 0) is 24.5 Å². The van der Waals surface area contributed by atoms with Gasteiger partial charge >= 0.3 is 5.97 Å². The molecule has 8 heteroatoms. The van der Waals surface area contributed by atoms with Crippen molar-refractivity contribution in [3.63, 3.8) is 0 Å². The van der Waals surface area contributed by atoms with Gasteiger partial charge in [-0.05, 0) is 49.9 Å². The van der Waals surface area contributed by atoms with Crippen molar-refractivity contribution in [3.05, 3.63) is 41.5 Å². The molecular formula is C29H47N3O5. The fourth-order valence-electron chi connectivity index (χ4n) is 4.44. The molecule has 0 radical (unpaired) electrons. The monoisotopic (exact) mass is 517 g/mol. The third-order valence-corrected chi connectivity index (χ3v) is 6.76. The summed E-state index contributed by atoms with van der Waals surface area (Å²) in [5.74, 6) is -0.851. The van der Waals surface area contributed by atoms with Crippen molar-refractivity contribution in [1.29, 1.82) is 0 Å². The number of carbonyl (C=O) groups excluding carboxylic acids is 3. The first-order valence-corrected chi connectivity index (χ1v) is 12.9. The van der Waals surface area contributed by atoms with E-state index in [2.05, 4.69) is 10.6 Å². The second-order valence-corrected chi connectivity index (χ2v) is 11.6. The number of amides is 2. The predicted octanol–water partition coefficient (Wildman–Crippen LogP) is 3.78. The molecular weight excluding hydrogens is 470 g/mol. The first-order valence-electron chi connectivity index (χ1n) is 12.9. The van der Waals surface area contributed by atoms with E-state index in [0.29, 0.717) is 5.57 Å². The number of aromatic hydroxyl groups is 1. The molecule has 37 heavy (non-hydrogen) atoms. The number of carbonyl (C=O) groups is 3. The van der Waals surface area contributed by atoms with Gasteiger partial charge in [0.1, 0.15) is 11.8 Å². The normalized spacial score (nSPS) is 15.1. The van der Waals surface area contributed by atoms with Gasteiger partial charge in [-0.15, -0.1) is 0 Å². The molecule has 1 rings (SSSR count). The topological polar surface area (TPSA) is 108 Å². The Bertz CT molecular complexity index is 978. The molecule has 3 N–H and O–H groups in total. The predicted molar refractivity (Wildman–Crippen MR) is 147 cm³/mol. The molecule has 0 saturated heterocycles. The molecule has 0 saturated carbocycles. The molecule has 0 aliphatic heterocycles. The minimum atomic E-state index is -0.821. The van der Waals surface area contributed by atoms with Gasteiger partial charge in [0.2, 0.25) is 11.8 Å². The lowest BCUT2D eigenvalue weighted by Crippen LogP contribution is -2.61. The first kappa shape index (κ1) is 32.2. The highest BCUT2D eigenvalue weighted by atomic mass is 16.5. The van der Waals surface area contributed by atoms with E-state index in [1.54, 1.807) is 57.1 Å². The SMILES string of the molecule is CCOC(=O)/C(C)=C/[C@H](C(C)C)N(C)C(=O)[C@@H](NC(=O)C(NC)C(C)(C)c1cccc(O)c1)C(C)(C)C. The summed E-state index contributed by atoms with van der Waals surface area (Å²) in [7, 11) is 3.39. The van der Waals surface area contributed by atoms with Gasteiger partial charge < -0.3 is 25.4 Å². The fraction of sp³-hybridized carbons (Fsp3) is 0.621. The molecule has 2 amide bonds. The largest absolute Gasteiger partial charge is 0.508 e. The van der Waals surface area contributed by atoms with Crippen molar-refractivity contribution < 1.29 is 24.2 Å². The van der Waals surface area contributed by atoms with Crippen LogP contribution in [0.25, 0.3) is 0 Å². The van der Waals surface area contributed by atoms with Crippen LogP contribution in [0.4, 0.5) is 0 Å². The average molecular weight is 518 g/mol. The van der Waals surface area contributed by atoms with Crippen molar-refractivity contribution in [2.45, 2.75) is 85.9 Å². The van der Waals surface area contributed by atoms with Crippen molar-refractivity contribution in [2.75, 3.05) is 20.7 Å². The molecule has 8 nitrogen and oxygen atoms in total. The zero-order chi connectivity index (χ0) is 28.7. The standard InChI is InChI=1S/C29H47N3O5/c1-12-37-27(36)19(4)16-22(18(2)3)32(11)26(35)24(28(5,6)7)31-25(34)23(30-10)29(8,9)20-14-13-15-21(33)17-20/h13-18,22-24,30,33H,12H2,1-11H3,(H,31,34)/b19-16+/t22-,23?,24-/m1/s1. The van der Waals surface area contributed by atoms with Crippen LogP contribution < -0.4 is 10.6 Å². The van der Waals surface area contributed by atoms with Gasteiger partial charge in [-0.3, -0.25) is 9.59 Å². The highest BCUT2D eigenvalue weighted by Crippen LogP contribution is 2.30. The van der Waals surface area contributed by atoms with Gasteiger partial charge in [0.15, 0.2) is 0 Å². The molecule has 3 atom stereocenters. The molecule has 0 bridgehead atoms. The number of hydrogen-bond donors (Lipinski definition) is 3. The van der Waals surface area contributed by atoms with Crippen LogP contribution in [0.1, 0.15) is 67.9 Å². The number of nitrogens with zero attached hydrogens (tertiary/aromatic N) is 1. The van der Waals surface area contributed by atoms with Gasteiger partial charge in [0, 0.05) is 18.0 Å². The second-order valence-electron chi connectivity index (χ2n) is 11.6. The number of phenolic OH excluding ortho intramolecular Hbond substituents is 1. The van der Waals surface area contributed by atoms with Gasteiger partial charge in [0.25, 0.3) is 0 Å². The van der Waals surface area contributed by atoms with E-state index in [9.17, 15) is 19.5 Å². The number of ether oxygens (including phenoxy) is 1. The van der Waals surface area contributed by atoms with Gasteiger partial charge in [-0.1, -0.05) is 66.7 Å². The van der Waals surface area contributed by atoms with Crippen LogP contribution in [0.2, 0.25) is 0 Å².